The molecule has 0 atom stereocenters. The third-order valence-electron chi connectivity index (χ3n) is 3.10. The van der Waals surface area contributed by atoms with E-state index in [4.69, 9.17) is 14.4 Å². The van der Waals surface area contributed by atoms with Gasteiger partial charge in [-0.05, 0) is 58.8 Å². The number of carbonyl (C=O) groups is 1. The van der Waals surface area contributed by atoms with Gasteiger partial charge in [-0.15, -0.1) is 0 Å². The van der Waals surface area contributed by atoms with Gasteiger partial charge in [-0.25, -0.2) is 4.79 Å². The van der Waals surface area contributed by atoms with Crippen LogP contribution in [0, 0.1) is 5.92 Å². The predicted octanol–water partition coefficient (Wildman–Crippen LogP) is 1.96. The van der Waals surface area contributed by atoms with Crippen molar-refractivity contribution in [1.29, 1.82) is 0 Å². The second-order valence-electron chi connectivity index (χ2n) is 6.61. The van der Waals surface area contributed by atoms with Crippen LogP contribution < -0.4 is 5.32 Å². The first-order valence-electron chi connectivity index (χ1n) is 7.43. The highest BCUT2D eigenvalue weighted by atomic mass is 32.2. The van der Waals surface area contributed by atoms with Crippen LogP contribution in [-0.4, -0.2) is 48.7 Å². The molecule has 0 heterocycles. The maximum atomic E-state index is 11.6. The van der Waals surface area contributed by atoms with E-state index in [1.165, 1.54) is 0 Å². The molecule has 8 heteroatoms. The SMILES string of the molecule is CC(C)(C)OC(=O)NC1CCC(CCO)CC1.CS(=O)(=O)O. The predicted molar refractivity (Wildman–Crippen MR) is 84.3 cm³/mol. The van der Waals surface area contributed by atoms with Crippen LogP contribution in [0.3, 0.4) is 0 Å². The zero-order chi connectivity index (χ0) is 17.4. The van der Waals surface area contributed by atoms with Crippen LogP contribution in [0.15, 0.2) is 0 Å². The van der Waals surface area contributed by atoms with Crippen molar-refractivity contribution in [3.63, 3.8) is 0 Å². The molecule has 0 aliphatic heterocycles. The molecule has 0 unspecified atom stereocenters. The topological polar surface area (TPSA) is 113 Å². The number of rotatable bonds is 3. The molecule has 1 rings (SSSR count). The molecule has 0 bridgehead atoms. The molecule has 0 spiro atoms. The number of ether oxygens (including phenoxy) is 1. The molecular weight excluding hydrogens is 310 g/mol. The van der Waals surface area contributed by atoms with Crippen LogP contribution in [0.2, 0.25) is 0 Å². The van der Waals surface area contributed by atoms with E-state index in [0.717, 1.165) is 32.1 Å². The highest BCUT2D eigenvalue weighted by Gasteiger charge is 2.24. The molecule has 0 saturated heterocycles. The largest absolute Gasteiger partial charge is 0.444 e. The van der Waals surface area contributed by atoms with E-state index < -0.39 is 15.7 Å². The monoisotopic (exact) mass is 339 g/mol. The van der Waals surface area contributed by atoms with Gasteiger partial charge in [0.1, 0.15) is 5.60 Å². The van der Waals surface area contributed by atoms with Crippen LogP contribution in [0.1, 0.15) is 52.9 Å². The fraction of sp³-hybridized carbons (Fsp3) is 0.929. The highest BCUT2D eigenvalue weighted by Crippen LogP contribution is 2.26. The molecule has 1 fully saturated rings. The minimum atomic E-state index is -3.67. The van der Waals surface area contributed by atoms with Gasteiger partial charge in [0.25, 0.3) is 10.1 Å². The van der Waals surface area contributed by atoms with Gasteiger partial charge in [0, 0.05) is 12.6 Å². The first kappa shape index (κ1) is 21.1. The number of aliphatic hydroxyl groups is 1. The molecule has 1 aliphatic carbocycles. The van der Waals surface area contributed by atoms with Gasteiger partial charge >= 0.3 is 6.09 Å². The van der Waals surface area contributed by atoms with E-state index in [1.54, 1.807) is 0 Å². The maximum absolute atomic E-state index is 11.6. The van der Waals surface area contributed by atoms with Crippen molar-refractivity contribution in [3.8, 4) is 0 Å². The Morgan fingerprint density at radius 2 is 1.68 bits per heavy atom. The minimum absolute atomic E-state index is 0.236. The fourth-order valence-electron chi connectivity index (χ4n) is 2.25. The summed E-state index contributed by atoms with van der Waals surface area (Å²) in [6, 6.07) is 0.236. The Labute approximate surface area is 133 Å². The van der Waals surface area contributed by atoms with E-state index >= 15 is 0 Å². The normalized spacial score (nSPS) is 22.3. The van der Waals surface area contributed by atoms with Crippen molar-refractivity contribution >= 4 is 16.2 Å². The Kier molecular flexibility index (Phi) is 8.95. The lowest BCUT2D eigenvalue weighted by molar-refractivity contribution is 0.0485. The Morgan fingerprint density at radius 3 is 2.05 bits per heavy atom. The number of hydrogen-bond acceptors (Lipinski definition) is 5. The molecule has 0 aromatic heterocycles. The van der Waals surface area contributed by atoms with Gasteiger partial charge in [-0.2, -0.15) is 8.42 Å². The fourth-order valence-corrected chi connectivity index (χ4v) is 2.25. The van der Waals surface area contributed by atoms with E-state index in [2.05, 4.69) is 5.32 Å². The Morgan fingerprint density at radius 1 is 1.23 bits per heavy atom. The second-order valence-corrected chi connectivity index (χ2v) is 8.08. The number of carbonyl (C=O) groups excluding carboxylic acids is 1. The summed E-state index contributed by atoms with van der Waals surface area (Å²) in [5, 5.41) is 11.8. The van der Waals surface area contributed by atoms with E-state index in [-0.39, 0.29) is 18.7 Å². The van der Waals surface area contributed by atoms with Crippen LogP contribution in [0.25, 0.3) is 0 Å². The Balaban J connectivity index is 0.000000763. The van der Waals surface area contributed by atoms with Crippen molar-refractivity contribution in [2.45, 2.75) is 64.5 Å². The molecule has 3 N–H and O–H groups in total. The van der Waals surface area contributed by atoms with Crippen LogP contribution in [0.5, 0.6) is 0 Å². The second kappa shape index (κ2) is 9.32. The number of hydrogen-bond donors (Lipinski definition) is 3. The molecule has 0 aromatic carbocycles. The first-order valence-corrected chi connectivity index (χ1v) is 9.28. The Hall–Kier alpha value is -0.860. The third-order valence-corrected chi connectivity index (χ3v) is 3.10. The zero-order valence-corrected chi connectivity index (χ0v) is 14.6. The lowest BCUT2D eigenvalue weighted by Gasteiger charge is -2.29. The van der Waals surface area contributed by atoms with E-state index in [0.29, 0.717) is 12.2 Å². The van der Waals surface area contributed by atoms with Gasteiger partial charge in [0.05, 0.1) is 6.26 Å². The van der Waals surface area contributed by atoms with Gasteiger partial charge in [-0.3, -0.25) is 4.55 Å². The number of amides is 1. The average molecular weight is 339 g/mol. The lowest BCUT2D eigenvalue weighted by Crippen LogP contribution is -2.41. The maximum Gasteiger partial charge on any atom is 0.407 e. The standard InChI is InChI=1S/C13H25NO3.CH4O3S/c1-13(2,3)17-12(16)14-11-6-4-10(5-7-11)8-9-15;1-5(2,3)4/h10-11,15H,4-9H2,1-3H3,(H,14,16);1H3,(H,2,3,4). The van der Waals surface area contributed by atoms with Gasteiger partial charge in [-0.1, -0.05) is 0 Å². The molecule has 22 heavy (non-hydrogen) atoms. The summed E-state index contributed by atoms with van der Waals surface area (Å²) in [5.74, 6) is 0.622. The number of aliphatic hydroxyl groups excluding tert-OH is 1. The summed E-state index contributed by atoms with van der Waals surface area (Å²) in [4.78, 5) is 11.6. The third kappa shape index (κ3) is 14.1. The smallest absolute Gasteiger partial charge is 0.407 e. The van der Waals surface area contributed by atoms with E-state index in [9.17, 15) is 13.2 Å². The van der Waals surface area contributed by atoms with Crippen molar-refractivity contribution < 1.29 is 27.6 Å². The lowest BCUT2D eigenvalue weighted by atomic mass is 9.84. The van der Waals surface area contributed by atoms with Gasteiger partial charge in [0.15, 0.2) is 0 Å². The van der Waals surface area contributed by atoms with Crippen molar-refractivity contribution in [2.24, 2.45) is 5.92 Å². The average Bonchev–Trinajstić information content (AvgIpc) is 2.27. The van der Waals surface area contributed by atoms with Crippen molar-refractivity contribution in [3.05, 3.63) is 0 Å². The van der Waals surface area contributed by atoms with Crippen LogP contribution in [0.4, 0.5) is 4.79 Å². The molecule has 1 aliphatic rings. The summed E-state index contributed by atoms with van der Waals surface area (Å²) < 4.78 is 31.1. The molecule has 0 radical (unpaired) electrons. The molecule has 0 aromatic rings. The summed E-state index contributed by atoms with van der Waals surface area (Å²) in [7, 11) is -3.67. The zero-order valence-electron chi connectivity index (χ0n) is 13.8. The molecular formula is C14H29NO6S. The Bertz CT molecular complexity index is 413. The molecule has 1 saturated carbocycles. The van der Waals surface area contributed by atoms with Gasteiger partial charge < -0.3 is 15.2 Å². The van der Waals surface area contributed by atoms with Crippen LogP contribution >= 0.6 is 0 Å². The first-order chi connectivity index (χ1) is 9.90. The minimum Gasteiger partial charge on any atom is -0.444 e. The molecule has 7 nitrogen and oxygen atoms in total. The quantitative estimate of drug-likeness (QED) is 0.677. The van der Waals surface area contributed by atoms with Crippen molar-refractivity contribution in [1.82, 2.24) is 5.32 Å². The van der Waals surface area contributed by atoms with Crippen molar-refractivity contribution in [2.75, 3.05) is 12.9 Å². The summed E-state index contributed by atoms with van der Waals surface area (Å²) in [6.07, 6.45) is 5.44. The number of alkyl carbamates (subject to hydrolysis) is 1. The van der Waals surface area contributed by atoms with Gasteiger partial charge in [0.2, 0.25) is 0 Å². The highest BCUT2D eigenvalue weighted by molar-refractivity contribution is 7.85. The summed E-state index contributed by atoms with van der Waals surface area (Å²) in [6.45, 7) is 5.87. The van der Waals surface area contributed by atoms with E-state index in [1.807, 2.05) is 20.8 Å². The summed E-state index contributed by atoms with van der Waals surface area (Å²) >= 11 is 0. The summed E-state index contributed by atoms with van der Waals surface area (Å²) in [5.41, 5.74) is -0.432. The molecule has 132 valence electrons. The number of nitrogens with one attached hydrogen (secondary N) is 1. The molecule has 1 amide bonds. The van der Waals surface area contributed by atoms with Crippen LogP contribution in [-0.2, 0) is 14.9 Å².